The molecule has 14 heavy (non-hydrogen) atoms. The van der Waals surface area contributed by atoms with E-state index in [9.17, 15) is 4.79 Å². The van der Waals surface area contributed by atoms with Crippen LogP contribution in [0.2, 0.25) is 0 Å². The minimum atomic E-state index is -0.792. The predicted octanol–water partition coefficient (Wildman–Crippen LogP) is 2.16. The Morgan fingerprint density at radius 3 is 2.71 bits per heavy atom. The molecule has 1 rings (SSSR count). The van der Waals surface area contributed by atoms with Gasteiger partial charge in [0.25, 0.3) is 0 Å². The van der Waals surface area contributed by atoms with Crippen LogP contribution in [-0.4, -0.2) is 11.1 Å². The molecular weight excluding hydrogens is 178 g/mol. The third-order valence-electron chi connectivity index (χ3n) is 2.33. The van der Waals surface area contributed by atoms with Crippen molar-refractivity contribution in [3.05, 3.63) is 29.3 Å². The van der Waals surface area contributed by atoms with E-state index in [0.29, 0.717) is 5.69 Å². The zero-order chi connectivity index (χ0) is 10.7. The molecule has 1 aromatic carbocycles. The Kier molecular flexibility index (Phi) is 3.12. The Labute approximate surface area is 83.6 Å². The van der Waals surface area contributed by atoms with E-state index < -0.39 is 5.97 Å². The van der Waals surface area contributed by atoms with Crippen molar-refractivity contribution >= 4 is 11.7 Å². The van der Waals surface area contributed by atoms with Crippen molar-refractivity contribution in [2.24, 2.45) is 0 Å². The molecule has 0 saturated carbocycles. The minimum absolute atomic E-state index is 0.0336. The van der Waals surface area contributed by atoms with E-state index in [1.807, 2.05) is 26.0 Å². The van der Waals surface area contributed by atoms with Crippen LogP contribution in [0.1, 0.15) is 30.4 Å². The Morgan fingerprint density at radius 1 is 1.57 bits per heavy atom. The van der Waals surface area contributed by atoms with E-state index in [4.69, 9.17) is 10.8 Å². The third kappa shape index (κ3) is 2.25. The Bertz CT molecular complexity index is 327. The number of anilines is 1. The van der Waals surface area contributed by atoms with Crippen molar-refractivity contribution < 1.29 is 9.90 Å². The predicted molar refractivity (Wildman–Crippen MR) is 56.3 cm³/mol. The molecule has 0 amide bonds. The first kappa shape index (κ1) is 10.6. The molecule has 0 saturated heterocycles. The summed E-state index contributed by atoms with van der Waals surface area (Å²) in [5.41, 5.74) is 8.49. The number of hydrogen-bond acceptors (Lipinski definition) is 2. The number of aryl methyl sites for hydroxylation is 1. The quantitative estimate of drug-likeness (QED) is 0.723. The maximum atomic E-state index is 10.6. The van der Waals surface area contributed by atoms with Gasteiger partial charge in [-0.25, -0.2) is 0 Å². The molecule has 0 radical (unpaired) electrons. The number of carboxylic acid groups (broad SMARTS) is 1. The Balaban J connectivity index is 2.99. The normalized spacial score (nSPS) is 12.4. The lowest BCUT2D eigenvalue weighted by Gasteiger charge is -2.14. The molecule has 0 fully saturated rings. The molecule has 3 heteroatoms. The fourth-order valence-electron chi connectivity index (χ4n) is 1.74. The Morgan fingerprint density at radius 2 is 2.21 bits per heavy atom. The second-order valence-corrected chi connectivity index (χ2v) is 3.58. The van der Waals surface area contributed by atoms with Gasteiger partial charge < -0.3 is 10.8 Å². The zero-order valence-electron chi connectivity index (χ0n) is 8.45. The molecule has 0 aliphatic carbocycles. The van der Waals surface area contributed by atoms with Crippen LogP contribution >= 0.6 is 0 Å². The largest absolute Gasteiger partial charge is 0.481 e. The smallest absolute Gasteiger partial charge is 0.303 e. The van der Waals surface area contributed by atoms with Crippen LogP contribution in [0.15, 0.2) is 18.2 Å². The molecule has 76 valence electrons. The summed E-state index contributed by atoms with van der Waals surface area (Å²) in [6.45, 7) is 3.83. The van der Waals surface area contributed by atoms with Gasteiger partial charge in [0.15, 0.2) is 0 Å². The fraction of sp³-hybridized carbons (Fsp3) is 0.364. The van der Waals surface area contributed by atoms with Gasteiger partial charge >= 0.3 is 5.97 Å². The summed E-state index contributed by atoms with van der Waals surface area (Å²) in [5.74, 6) is -0.825. The first-order valence-corrected chi connectivity index (χ1v) is 4.59. The van der Waals surface area contributed by atoms with E-state index in [1.165, 1.54) is 0 Å². The molecule has 0 bridgehead atoms. The van der Waals surface area contributed by atoms with Crippen LogP contribution in [-0.2, 0) is 4.79 Å². The topological polar surface area (TPSA) is 63.3 Å². The van der Waals surface area contributed by atoms with Gasteiger partial charge in [-0.2, -0.15) is 0 Å². The fourth-order valence-corrected chi connectivity index (χ4v) is 1.74. The van der Waals surface area contributed by atoms with Crippen LogP contribution in [0.3, 0.4) is 0 Å². The standard InChI is InChI=1S/C11H15NO2/c1-7-4-3-5-9(12)11(7)8(2)6-10(13)14/h3-5,8H,6,12H2,1-2H3,(H,13,14). The molecule has 0 spiro atoms. The number of aliphatic carboxylic acids is 1. The molecule has 0 aliphatic rings. The van der Waals surface area contributed by atoms with Crippen molar-refractivity contribution in [3.63, 3.8) is 0 Å². The van der Waals surface area contributed by atoms with Crippen LogP contribution in [0.5, 0.6) is 0 Å². The van der Waals surface area contributed by atoms with Crippen molar-refractivity contribution in [1.29, 1.82) is 0 Å². The molecule has 1 atom stereocenters. The second-order valence-electron chi connectivity index (χ2n) is 3.58. The number of carbonyl (C=O) groups is 1. The number of rotatable bonds is 3. The first-order valence-electron chi connectivity index (χ1n) is 4.59. The monoisotopic (exact) mass is 193 g/mol. The summed E-state index contributed by atoms with van der Waals surface area (Å²) in [5, 5.41) is 8.69. The van der Waals surface area contributed by atoms with Crippen LogP contribution in [0.4, 0.5) is 5.69 Å². The van der Waals surface area contributed by atoms with Crippen LogP contribution in [0, 0.1) is 6.92 Å². The van der Waals surface area contributed by atoms with Gasteiger partial charge in [0.1, 0.15) is 0 Å². The van der Waals surface area contributed by atoms with Gasteiger partial charge in [-0.05, 0) is 30.0 Å². The SMILES string of the molecule is Cc1cccc(N)c1C(C)CC(=O)O. The number of benzene rings is 1. The minimum Gasteiger partial charge on any atom is -0.481 e. The summed E-state index contributed by atoms with van der Waals surface area (Å²) < 4.78 is 0. The molecule has 1 unspecified atom stereocenters. The number of carboxylic acids is 1. The molecular formula is C11H15NO2. The average molecular weight is 193 g/mol. The second kappa shape index (κ2) is 4.13. The number of hydrogen-bond donors (Lipinski definition) is 2. The van der Waals surface area contributed by atoms with E-state index in [-0.39, 0.29) is 12.3 Å². The first-order chi connectivity index (χ1) is 6.52. The van der Waals surface area contributed by atoms with Gasteiger partial charge in [-0.3, -0.25) is 4.79 Å². The highest BCUT2D eigenvalue weighted by molar-refractivity contribution is 5.69. The van der Waals surface area contributed by atoms with Crippen molar-refractivity contribution in [1.82, 2.24) is 0 Å². The summed E-state index contributed by atoms with van der Waals surface area (Å²) in [4.78, 5) is 10.6. The van der Waals surface area contributed by atoms with Gasteiger partial charge in [0, 0.05) is 5.69 Å². The highest BCUT2D eigenvalue weighted by Gasteiger charge is 2.14. The van der Waals surface area contributed by atoms with Gasteiger partial charge in [-0.1, -0.05) is 19.1 Å². The van der Waals surface area contributed by atoms with E-state index in [2.05, 4.69) is 0 Å². The number of nitrogen functional groups attached to an aromatic ring is 1. The highest BCUT2D eigenvalue weighted by Crippen LogP contribution is 2.27. The maximum absolute atomic E-state index is 10.6. The lowest BCUT2D eigenvalue weighted by atomic mass is 9.92. The van der Waals surface area contributed by atoms with Crippen LogP contribution < -0.4 is 5.73 Å². The highest BCUT2D eigenvalue weighted by atomic mass is 16.4. The third-order valence-corrected chi connectivity index (χ3v) is 2.33. The summed E-state index contributed by atoms with van der Waals surface area (Å²) in [6.07, 6.45) is 0.120. The van der Waals surface area contributed by atoms with Crippen molar-refractivity contribution in [2.45, 2.75) is 26.2 Å². The van der Waals surface area contributed by atoms with Gasteiger partial charge in [0.05, 0.1) is 6.42 Å². The molecule has 1 aromatic rings. The molecule has 0 aromatic heterocycles. The Hall–Kier alpha value is -1.51. The lowest BCUT2D eigenvalue weighted by molar-refractivity contribution is -0.137. The van der Waals surface area contributed by atoms with Gasteiger partial charge in [-0.15, -0.1) is 0 Å². The molecule has 0 heterocycles. The summed E-state index contributed by atoms with van der Waals surface area (Å²) in [6, 6.07) is 5.63. The zero-order valence-corrected chi connectivity index (χ0v) is 8.45. The number of nitrogens with two attached hydrogens (primary N) is 1. The average Bonchev–Trinajstić information content (AvgIpc) is 2.01. The van der Waals surface area contributed by atoms with E-state index in [0.717, 1.165) is 11.1 Å². The van der Waals surface area contributed by atoms with Crippen molar-refractivity contribution in [3.8, 4) is 0 Å². The maximum Gasteiger partial charge on any atom is 0.303 e. The molecule has 3 N–H and O–H groups in total. The molecule has 3 nitrogen and oxygen atoms in total. The van der Waals surface area contributed by atoms with E-state index >= 15 is 0 Å². The van der Waals surface area contributed by atoms with E-state index in [1.54, 1.807) is 6.07 Å². The van der Waals surface area contributed by atoms with Gasteiger partial charge in [0.2, 0.25) is 0 Å². The summed E-state index contributed by atoms with van der Waals surface area (Å²) in [7, 11) is 0. The van der Waals surface area contributed by atoms with Crippen molar-refractivity contribution in [2.75, 3.05) is 5.73 Å². The van der Waals surface area contributed by atoms with Crippen LogP contribution in [0.25, 0.3) is 0 Å². The molecule has 0 aliphatic heterocycles. The lowest BCUT2D eigenvalue weighted by Crippen LogP contribution is -2.07. The summed E-state index contributed by atoms with van der Waals surface area (Å²) >= 11 is 0.